The van der Waals surface area contributed by atoms with Gasteiger partial charge in [-0.1, -0.05) is 38.5 Å². The summed E-state index contributed by atoms with van der Waals surface area (Å²) in [4.78, 5) is 37.9. The highest BCUT2D eigenvalue weighted by atomic mass is 16.2. The van der Waals surface area contributed by atoms with E-state index in [-0.39, 0.29) is 11.7 Å². The number of carbonyl (C=O) groups excluding carboxylic acids is 3. The molecule has 2 aliphatic carbocycles. The second kappa shape index (κ2) is 4.28. The van der Waals surface area contributed by atoms with Gasteiger partial charge in [-0.05, 0) is 37.3 Å². The molecule has 0 saturated heterocycles. The number of anilines is 1. The highest BCUT2D eigenvalue weighted by Crippen LogP contribution is 2.69. The van der Waals surface area contributed by atoms with E-state index in [1.54, 1.807) is 0 Å². The van der Waals surface area contributed by atoms with Gasteiger partial charge in [-0.3, -0.25) is 14.4 Å². The maximum atomic E-state index is 12.9. The van der Waals surface area contributed by atoms with Gasteiger partial charge >= 0.3 is 0 Å². The van der Waals surface area contributed by atoms with Gasteiger partial charge in [-0.25, -0.2) is 0 Å². The molecule has 0 heterocycles. The van der Waals surface area contributed by atoms with Gasteiger partial charge in [0.05, 0.1) is 0 Å². The number of carbonyl (C=O) groups is 3. The second-order valence-corrected chi connectivity index (χ2v) is 7.34. The largest absolute Gasteiger partial charge is 0.325 e. The van der Waals surface area contributed by atoms with Gasteiger partial charge in [-0.15, -0.1) is 0 Å². The number of rotatable bonds is 2. The second-order valence-electron chi connectivity index (χ2n) is 7.34. The maximum absolute atomic E-state index is 12.9. The van der Waals surface area contributed by atoms with Gasteiger partial charge in [0.2, 0.25) is 17.5 Å². The van der Waals surface area contributed by atoms with Gasteiger partial charge in [0.15, 0.2) is 0 Å². The van der Waals surface area contributed by atoms with Crippen molar-refractivity contribution in [3.63, 3.8) is 0 Å². The number of hydrogen-bond acceptors (Lipinski definition) is 3. The number of fused-ring (bicyclic) bond motifs is 2. The Morgan fingerprint density at radius 2 is 1.59 bits per heavy atom. The average Bonchev–Trinajstić information content (AvgIpc) is 2.74. The van der Waals surface area contributed by atoms with Gasteiger partial charge in [0, 0.05) is 11.1 Å². The number of hydrogen-bond donors (Lipinski definition) is 1. The van der Waals surface area contributed by atoms with E-state index in [1.807, 2.05) is 52.0 Å². The summed E-state index contributed by atoms with van der Waals surface area (Å²) in [7, 11) is 0. The Balaban J connectivity index is 1.99. The molecule has 0 spiro atoms. The van der Waals surface area contributed by atoms with Crippen LogP contribution in [0.5, 0.6) is 0 Å². The molecule has 2 aliphatic rings. The first-order chi connectivity index (χ1) is 10.2. The van der Waals surface area contributed by atoms with Crippen LogP contribution < -0.4 is 5.32 Å². The fourth-order valence-corrected chi connectivity index (χ4v) is 4.15. The first kappa shape index (κ1) is 14.9. The number of aryl methyl sites for hydroxylation is 1. The van der Waals surface area contributed by atoms with E-state index in [0.717, 1.165) is 5.56 Å². The van der Waals surface area contributed by atoms with Crippen molar-refractivity contribution in [2.45, 2.75) is 40.5 Å². The average molecular weight is 299 g/mol. The lowest BCUT2D eigenvalue weighted by atomic mass is 9.64. The van der Waals surface area contributed by atoms with Crippen LogP contribution in [0, 0.1) is 23.2 Å². The van der Waals surface area contributed by atoms with E-state index >= 15 is 0 Å². The van der Waals surface area contributed by atoms with Crippen molar-refractivity contribution in [1.82, 2.24) is 0 Å². The SMILES string of the molecule is Cc1ccc(NC(=O)[C@]23CC[C@@](C)(C(=O)C2=O)C3(C)C)cc1. The number of benzene rings is 1. The molecular formula is C18H21NO3. The molecule has 116 valence electrons. The van der Waals surface area contributed by atoms with Crippen LogP contribution in [-0.2, 0) is 14.4 Å². The van der Waals surface area contributed by atoms with E-state index in [1.165, 1.54) is 0 Å². The van der Waals surface area contributed by atoms with Crippen molar-refractivity contribution < 1.29 is 14.4 Å². The van der Waals surface area contributed by atoms with Crippen LogP contribution in [-0.4, -0.2) is 17.5 Å². The Labute approximate surface area is 130 Å². The molecule has 22 heavy (non-hydrogen) atoms. The van der Waals surface area contributed by atoms with Gasteiger partial charge < -0.3 is 5.32 Å². The first-order valence-corrected chi connectivity index (χ1v) is 7.64. The number of nitrogens with one attached hydrogen (secondary N) is 1. The van der Waals surface area contributed by atoms with Crippen LogP contribution in [0.2, 0.25) is 0 Å². The smallest absolute Gasteiger partial charge is 0.239 e. The topological polar surface area (TPSA) is 63.2 Å². The lowest BCUT2D eigenvalue weighted by Crippen LogP contribution is -2.47. The van der Waals surface area contributed by atoms with E-state index in [0.29, 0.717) is 18.5 Å². The molecular weight excluding hydrogens is 278 g/mol. The first-order valence-electron chi connectivity index (χ1n) is 7.64. The van der Waals surface area contributed by atoms with Crippen LogP contribution in [0.3, 0.4) is 0 Å². The maximum Gasteiger partial charge on any atom is 0.239 e. The van der Waals surface area contributed by atoms with Crippen LogP contribution in [0.1, 0.15) is 39.2 Å². The lowest BCUT2D eigenvalue weighted by Gasteiger charge is -2.37. The third kappa shape index (κ3) is 1.50. The van der Waals surface area contributed by atoms with Crippen molar-refractivity contribution in [3.8, 4) is 0 Å². The number of ketones is 2. The Morgan fingerprint density at radius 1 is 1.00 bits per heavy atom. The standard InChI is InChI=1S/C18H21NO3/c1-11-5-7-12(8-6-11)19-15(22)18-10-9-17(4,16(18,2)3)13(20)14(18)21/h5-8H,9-10H2,1-4H3,(H,19,22)/t17-,18-/m0/s1. The Morgan fingerprint density at radius 3 is 2.09 bits per heavy atom. The molecule has 1 N–H and O–H groups in total. The molecule has 1 amide bonds. The van der Waals surface area contributed by atoms with Crippen molar-refractivity contribution in [2.24, 2.45) is 16.2 Å². The van der Waals surface area contributed by atoms with Crippen molar-refractivity contribution in [3.05, 3.63) is 29.8 Å². The van der Waals surface area contributed by atoms with E-state index in [9.17, 15) is 14.4 Å². The van der Waals surface area contributed by atoms with Crippen LogP contribution in [0.25, 0.3) is 0 Å². The monoisotopic (exact) mass is 299 g/mol. The zero-order valence-electron chi connectivity index (χ0n) is 13.4. The molecule has 4 heteroatoms. The van der Waals surface area contributed by atoms with Crippen molar-refractivity contribution in [2.75, 3.05) is 5.32 Å². The Hall–Kier alpha value is -1.97. The molecule has 0 aliphatic heterocycles. The fourth-order valence-electron chi connectivity index (χ4n) is 4.15. The highest BCUT2D eigenvalue weighted by molar-refractivity contribution is 6.49. The molecule has 4 nitrogen and oxygen atoms in total. The third-order valence-electron chi connectivity index (χ3n) is 6.24. The molecule has 2 saturated carbocycles. The third-order valence-corrected chi connectivity index (χ3v) is 6.24. The van der Waals surface area contributed by atoms with Gasteiger partial charge in [-0.2, -0.15) is 0 Å². The van der Waals surface area contributed by atoms with Crippen LogP contribution in [0.4, 0.5) is 5.69 Å². The molecule has 3 rings (SSSR count). The summed E-state index contributed by atoms with van der Waals surface area (Å²) in [5.41, 5.74) is -0.875. The van der Waals surface area contributed by atoms with Crippen LogP contribution >= 0.6 is 0 Å². The predicted molar refractivity (Wildman–Crippen MR) is 83.4 cm³/mol. The summed E-state index contributed by atoms with van der Waals surface area (Å²) in [6, 6.07) is 7.43. The Bertz CT molecular complexity index is 689. The van der Waals surface area contributed by atoms with Crippen molar-refractivity contribution in [1.29, 1.82) is 0 Å². The van der Waals surface area contributed by atoms with Gasteiger partial charge in [0.25, 0.3) is 0 Å². The highest BCUT2D eigenvalue weighted by Gasteiger charge is 2.77. The minimum absolute atomic E-state index is 0.346. The quantitative estimate of drug-likeness (QED) is 0.674. The molecule has 0 unspecified atom stereocenters. The summed E-state index contributed by atoms with van der Waals surface area (Å²) in [5.74, 6) is -1.25. The summed E-state index contributed by atoms with van der Waals surface area (Å²) in [6.45, 7) is 7.53. The minimum atomic E-state index is -1.23. The van der Waals surface area contributed by atoms with E-state index in [4.69, 9.17) is 0 Å². The number of amides is 1. The summed E-state index contributed by atoms with van der Waals surface area (Å²) in [5, 5.41) is 2.84. The fraction of sp³-hybridized carbons (Fsp3) is 0.500. The van der Waals surface area contributed by atoms with Crippen molar-refractivity contribution >= 4 is 23.2 Å². The predicted octanol–water partition coefficient (Wildman–Crippen LogP) is 2.90. The van der Waals surface area contributed by atoms with E-state index in [2.05, 4.69) is 5.32 Å². The molecule has 2 bridgehead atoms. The zero-order valence-corrected chi connectivity index (χ0v) is 13.4. The normalized spacial score (nSPS) is 32.4. The summed E-state index contributed by atoms with van der Waals surface area (Å²) >= 11 is 0. The molecule has 1 aromatic carbocycles. The molecule has 0 aromatic heterocycles. The summed E-state index contributed by atoms with van der Waals surface area (Å²) < 4.78 is 0. The molecule has 0 radical (unpaired) electrons. The molecule has 1 aromatic rings. The molecule has 2 atom stereocenters. The van der Waals surface area contributed by atoms with Gasteiger partial charge in [0.1, 0.15) is 5.41 Å². The lowest BCUT2D eigenvalue weighted by molar-refractivity contribution is -0.147. The minimum Gasteiger partial charge on any atom is -0.325 e. The van der Waals surface area contributed by atoms with Crippen LogP contribution in [0.15, 0.2) is 24.3 Å². The number of Topliss-reactive ketones (excluding diaryl/α,β-unsaturated/α-hetero) is 2. The molecule has 2 fully saturated rings. The van der Waals surface area contributed by atoms with E-state index < -0.39 is 22.0 Å². The zero-order chi connectivity index (χ0) is 16.3. The Kier molecular flexibility index (Phi) is 2.91. The summed E-state index contributed by atoms with van der Waals surface area (Å²) in [6.07, 6.45) is 1.03.